The summed E-state index contributed by atoms with van der Waals surface area (Å²) in [7, 11) is 0. The van der Waals surface area contributed by atoms with E-state index in [4.69, 9.17) is 0 Å². The standard InChI is InChI=1S/C20H21N7O4/c28-19(23-15-3-1-2-4-15)12-26-11-16(10-22-26)24-20(29)14-5-6-17(18(9-14)27(30)31)25-8-7-21-13-25/h5-11,13,15H,1-4,12H2,(H,23,28)(H,24,29). The van der Waals surface area contributed by atoms with Crippen molar-refractivity contribution in [2.24, 2.45) is 0 Å². The van der Waals surface area contributed by atoms with Crippen molar-refractivity contribution in [1.29, 1.82) is 0 Å². The monoisotopic (exact) mass is 423 g/mol. The van der Waals surface area contributed by atoms with E-state index in [2.05, 4.69) is 20.7 Å². The molecule has 0 aliphatic heterocycles. The fraction of sp³-hybridized carbons (Fsp3) is 0.300. The number of rotatable bonds is 7. The van der Waals surface area contributed by atoms with E-state index in [0.29, 0.717) is 11.4 Å². The van der Waals surface area contributed by atoms with Crippen LogP contribution in [0.5, 0.6) is 0 Å². The summed E-state index contributed by atoms with van der Waals surface area (Å²) in [5, 5.41) is 21.2. The number of imidazole rings is 1. The third-order valence-corrected chi connectivity index (χ3v) is 5.13. The summed E-state index contributed by atoms with van der Waals surface area (Å²) >= 11 is 0. The smallest absolute Gasteiger partial charge is 0.294 e. The zero-order chi connectivity index (χ0) is 21.8. The molecule has 0 atom stereocenters. The van der Waals surface area contributed by atoms with Gasteiger partial charge in [-0.3, -0.25) is 24.4 Å². The number of nitro benzene ring substituents is 1. The Morgan fingerprint density at radius 1 is 1.26 bits per heavy atom. The van der Waals surface area contributed by atoms with Gasteiger partial charge in [-0.25, -0.2) is 4.98 Å². The highest BCUT2D eigenvalue weighted by atomic mass is 16.6. The molecular formula is C20H21N7O4. The maximum absolute atomic E-state index is 12.6. The van der Waals surface area contributed by atoms with Gasteiger partial charge >= 0.3 is 0 Å². The lowest BCUT2D eigenvalue weighted by Crippen LogP contribution is -2.35. The molecule has 0 bridgehead atoms. The Hall–Kier alpha value is -4.02. The van der Waals surface area contributed by atoms with Crippen molar-refractivity contribution < 1.29 is 14.5 Å². The van der Waals surface area contributed by atoms with Gasteiger partial charge in [0.05, 0.1) is 23.1 Å². The number of anilines is 1. The molecular weight excluding hydrogens is 402 g/mol. The SMILES string of the molecule is O=C(Cn1cc(NC(=O)c2ccc(-n3ccnc3)c([N+](=O)[O-])c2)cn1)NC1CCCC1. The molecule has 2 heterocycles. The van der Waals surface area contributed by atoms with Gasteiger partial charge in [0.2, 0.25) is 5.91 Å². The van der Waals surface area contributed by atoms with Gasteiger partial charge in [0.15, 0.2) is 0 Å². The Morgan fingerprint density at radius 3 is 2.77 bits per heavy atom. The number of carbonyl (C=O) groups excluding carboxylic acids is 2. The fourth-order valence-corrected chi connectivity index (χ4v) is 3.64. The molecule has 0 radical (unpaired) electrons. The minimum absolute atomic E-state index is 0.0530. The molecule has 0 unspecified atom stereocenters. The average Bonchev–Trinajstić information content (AvgIpc) is 3.51. The van der Waals surface area contributed by atoms with E-state index in [1.54, 1.807) is 12.4 Å². The molecule has 2 amide bonds. The quantitative estimate of drug-likeness (QED) is 0.442. The summed E-state index contributed by atoms with van der Waals surface area (Å²) in [4.78, 5) is 39.5. The first-order valence-electron chi connectivity index (χ1n) is 9.89. The highest BCUT2D eigenvalue weighted by Crippen LogP contribution is 2.24. The van der Waals surface area contributed by atoms with Crippen LogP contribution in [-0.2, 0) is 11.3 Å². The van der Waals surface area contributed by atoms with Crippen LogP contribution in [0.3, 0.4) is 0 Å². The number of nitrogens with one attached hydrogen (secondary N) is 2. The highest BCUT2D eigenvalue weighted by Gasteiger charge is 2.20. The Labute approximate surface area is 177 Å². The van der Waals surface area contributed by atoms with E-state index >= 15 is 0 Å². The van der Waals surface area contributed by atoms with Crippen LogP contribution in [0.15, 0.2) is 49.3 Å². The van der Waals surface area contributed by atoms with Crippen LogP contribution < -0.4 is 10.6 Å². The first-order chi connectivity index (χ1) is 15.0. The van der Waals surface area contributed by atoms with Crippen LogP contribution in [-0.4, -0.2) is 42.1 Å². The molecule has 1 aromatic carbocycles. The molecule has 160 valence electrons. The van der Waals surface area contributed by atoms with E-state index in [9.17, 15) is 19.7 Å². The second kappa shape index (κ2) is 8.78. The van der Waals surface area contributed by atoms with E-state index < -0.39 is 10.8 Å². The van der Waals surface area contributed by atoms with Crippen molar-refractivity contribution in [3.8, 4) is 5.69 Å². The van der Waals surface area contributed by atoms with Gasteiger partial charge in [-0.15, -0.1) is 0 Å². The fourth-order valence-electron chi connectivity index (χ4n) is 3.64. The van der Waals surface area contributed by atoms with Crippen molar-refractivity contribution in [3.63, 3.8) is 0 Å². The number of hydrogen-bond acceptors (Lipinski definition) is 6. The number of carbonyl (C=O) groups is 2. The number of aromatic nitrogens is 4. The van der Waals surface area contributed by atoms with E-state index in [-0.39, 0.29) is 29.7 Å². The predicted octanol–water partition coefficient (Wildman–Crippen LogP) is 2.29. The summed E-state index contributed by atoms with van der Waals surface area (Å²) in [5.41, 5.74) is 0.604. The second-order valence-corrected chi connectivity index (χ2v) is 7.36. The van der Waals surface area contributed by atoms with E-state index in [0.717, 1.165) is 25.7 Å². The third-order valence-electron chi connectivity index (χ3n) is 5.13. The number of amides is 2. The number of nitrogens with zero attached hydrogens (tertiary/aromatic N) is 5. The molecule has 11 heteroatoms. The lowest BCUT2D eigenvalue weighted by atomic mass is 10.1. The Balaban J connectivity index is 1.42. The van der Waals surface area contributed by atoms with Gasteiger partial charge < -0.3 is 15.2 Å². The van der Waals surface area contributed by atoms with Gasteiger partial charge in [0.1, 0.15) is 12.2 Å². The summed E-state index contributed by atoms with van der Waals surface area (Å²) < 4.78 is 2.94. The van der Waals surface area contributed by atoms with Crippen molar-refractivity contribution >= 4 is 23.2 Å². The maximum Gasteiger partial charge on any atom is 0.294 e. The minimum Gasteiger partial charge on any atom is -0.352 e. The van der Waals surface area contributed by atoms with Crippen LogP contribution in [0.2, 0.25) is 0 Å². The molecule has 2 N–H and O–H groups in total. The predicted molar refractivity (Wildman–Crippen MR) is 111 cm³/mol. The lowest BCUT2D eigenvalue weighted by molar-refractivity contribution is -0.384. The van der Waals surface area contributed by atoms with Gasteiger partial charge in [-0.05, 0) is 25.0 Å². The Morgan fingerprint density at radius 2 is 2.06 bits per heavy atom. The second-order valence-electron chi connectivity index (χ2n) is 7.36. The topological polar surface area (TPSA) is 137 Å². The summed E-state index contributed by atoms with van der Waals surface area (Å²) in [5.74, 6) is -0.645. The molecule has 11 nitrogen and oxygen atoms in total. The van der Waals surface area contributed by atoms with Gasteiger partial charge in [0.25, 0.3) is 11.6 Å². The van der Waals surface area contributed by atoms with Crippen molar-refractivity contribution in [2.75, 3.05) is 5.32 Å². The summed E-state index contributed by atoms with van der Waals surface area (Å²) in [6.45, 7) is 0.0530. The molecule has 1 aliphatic carbocycles. The van der Waals surface area contributed by atoms with Crippen LogP contribution in [0.25, 0.3) is 5.69 Å². The normalized spacial score (nSPS) is 13.8. The molecule has 1 saturated carbocycles. The molecule has 31 heavy (non-hydrogen) atoms. The zero-order valence-electron chi connectivity index (χ0n) is 16.6. The van der Waals surface area contributed by atoms with E-state index in [1.165, 1.54) is 46.2 Å². The number of nitro groups is 1. The van der Waals surface area contributed by atoms with Crippen LogP contribution >= 0.6 is 0 Å². The third kappa shape index (κ3) is 4.77. The van der Waals surface area contributed by atoms with Crippen LogP contribution in [0, 0.1) is 10.1 Å². The average molecular weight is 423 g/mol. The summed E-state index contributed by atoms with van der Waals surface area (Å²) in [6, 6.07) is 4.43. The molecule has 3 aromatic rings. The van der Waals surface area contributed by atoms with Gasteiger partial charge in [0, 0.05) is 36.3 Å². The van der Waals surface area contributed by atoms with Crippen molar-refractivity contribution in [3.05, 3.63) is 65.0 Å². The Kier molecular flexibility index (Phi) is 5.74. The molecule has 1 aliphatic rings. The molecule has 2 aromatic heterocycles. The molecule has 4 rings (SSSR count). The van der Waals surface area contributed by atoms with Gasteiger partial charge in [-0.1, -0.05) is 12.8 Å². The first-order valence-corrected chi connectivity index (χ1v) is 9.89. The Bertz CT molecular complexity index is 1100. The highest BCUT2D eigenvalue weighted by molar-refractivity contribution is 6.04. The zero-order valence-corrected chi connectivity index (χ0v) is 16.6. The van der Waals surface area contributed by atoms with Crippen LogP contribution in [0.4, 0.5) is 11.4 Å². The lowest BCUT2D eigenvalue weighted by Gasteiger charge is -2.11. The summed E-state index contributed by atoms with van der Waals surface area (Å²) in [6.07, 6.45) is 11.8. The molecule has 0 spiro atoms. The number of benzene rings is 1. The van der Waals surface area contributed by atoms with Crippen LogP contribution in [0.1, 0.15) is 36.0 Å². The van der Waals surface area contributed by atoms with Crippen molar-refractivity contribution in [2.45, 2.75) is 38.3 Å². The van der Waals surface area contributed by atoms with Crippen molar-refractivity contribution in [1.82, 2.24) is 24.6 Å². The molecule has 1 fully saturated rings. The minimum atomic E-state index is -0.549. The largest absolute Gasteiger partial charge is 0.352 e. The van der Waals surface area contributed by atoms with E-state index in [1.807, 2.05) is 0 Å². The maximum atomic E-state index is 12.6. The first kappa shape index (κ1) is 20.3. The van der Waals surface area contributed by atoms with Gasteiger partial charge in [-0.2, -0.15) is 5.10 Å². The number of hydrogen-bond donors (Lipinski definition) is 2. The molecule has 0 saturated heterocycles.